The summed E-state index contributed by atoms with van der Waals surface area (Å²) >= 11 is 0. The number of rotatable bonds is 2. The Kier molecular flexibility index (Phi) is 3.47. The molecule has 0 aliphatic carbocycles. The van der Waals surface area contributed by atoms with Crippen molar-refractivity contribution in [1.82, 2.24) is 0 Å². The molecule has 1 unspecified atom stereocenters. The monoisotopic (exact) mass is 104 g/mol. The predicted octanol–water partition coefficient (Wildman–Crippen LogP) is -0.0683. The first-order valence-electron chi connectivity index (χ1n) is 2.45. The molecule has 0 spiro atoms. The Morgan fingerprint density at radius 3 is 2.33 bits per heavy atom. The van der Waals surface area contributed by atoms with Crippen molar-refractivity contribution in [3.63, 3.8) is 0 Å². The van der Waals surface area contributed by atoms with E-state index in [4.69, 9.17) is 5.11 Å². The molecule has 0 aromatic rings. The van der Waals surface area contributed by atoms with Gasteiger partial charge in [0.15, 0.2) is 0 Å². The van der Waals surface area contributed by atoms with E-state index in [1.54, 1.807) is 0 Å². The lowest BCUT2D eigenvalue weighted by atomic mass is 10.9. The first-order chi connectivity index (χ1) is 2.77. The van der Waals surface area contributed by atoms with E-state index < -0.39 is 0 Å². The van der Waals surface area contributed by atoms with Gasteiger partial charge in [-0.2, -0.15) is 0 Å². The Morgan fingerprint density at radius 2 is 2.33 bits per heavy atom. The van der Waals surface area contributed by atoms with E-state index in [9.17, 15) is 0 Å². The quantitative estimate of drug-likeness (QED) is 0.486. The van der Waals surface area contributed by atoms with Gasteiger partial charge in [0.1, 0.15) is 0 Å². The van der Waals surface area contributed by atoms with Gasteiger partial charge in [0.05, 0.1) is 9.52 Å². The molecular formula is C4H12OSi. The molecule has 0 aliphatic rings. The van der Waals surface area contributed by atoms with Crippen molar-refractivity contribution >= 4 is 9.52 Å². The Morgan fingerprint density at radius 1 is 1.83 bits per heavy atom. The Labute approximate surface area is 41.2 Å². The van der Waals surface area contributed by atoms with Gasteiger partial charge in [-0.1, -0.05) is 13.0 Å². The van der Waals surface area contributed by atoms with Gasteiger partial charge in [0, 0.05) is 5.73 Å². The van der Waals surface area contributed by atoms with Crippen molar-refractivity contribution in [1.29, 1.82) is 0 Å². The van der Waals surface area contributed by atoms with E-state index >= 15 is 0 Å². The highest BCUT2D eigenvalue weighted by molar-refractivity contribution is 6.36. The van der Waals surface area contributed by atoms with Crippen molar-refractivity contribution < 1.29 is 5.11 Å². The molecule has 6 heavy (non-hydrogen) atoms. The van der Waals surface area contributed by atoms with Crippen molar-refractivity contribution in [3.05, 3.63) is 0 Å². The number of aliphatic hydroxyl groups excluding tert-OH is 1. The number of hydrogen-bond acceptors (Lipinski definition) is 1. The summed E-state index contributed by atoms with van der Waals surface area (Å²) in [7, 11) is -0.0880. The molecule has 0 aromatic heterocycles. The normalized spacial score (nSPS) is 16.5. The second-order valence-corrected chi connectivity index (χ2v) is 4.40. The third-order valence-corrected chi connectivity index (χ3v) is 2.12. The van der Waals surface area contributed by atoms with Gasteiger partial charge < -0.3 is 5.11 Å². The molecule has 0 radical (unpaired) electrons. The molecule has 0 amide bonds. The third kappa shape index (κ3) is 4.18. The summed E-state index contributed by atoms with van der Waals surface area (Å²) in [6.07, 6.45) is 0. The molecular weight excluding hydrogens is 92.1 g/mol. The fraction of sp³-hybridized carbons (Fsp3) is 1.00. The first kappa shape index (κ1) is 6.18. The number of hydrogen-bond donors (Lipinski definition) is 1. The molecule has 2 heteroatoms. The van der Waals surface area contributed by atoms with Crippen LogP contribution in [-0.4, -0.2) is 20.4 Å². The SMILES string of the molecule is CC[SiH2]C(C)O. The van der Waals surface area contributed by atoms with Crippen LogP contribution in [0.1, 0.15) is 13.8 Å². The molecule has 0 saturated heterocycles. The van der Waals surface area contributed by atoms with Crippen LogP contribution in [0.15, 0.2) is 0 Å². The summed E-state index contributed by atoms with van der Waals surface area (Å²) in [5, 5.41) is 8.61. The van der Waals surface area contributed by atoms with Crippen LogP contribution in [0.2, 0.25) is 6.04 Å². The summed E-state index contributed by atoms with van der Waals surface area (Å²) in [6.45, 7) is 3.99. The molecule has 0 saturated carbocycles. The summed E-state index contributed by atoms with van der Waals surface area (Å²) in [4.78, 5) is 0. The first-order valence-corrected chi connectivity index (χ1v) is 4.27. The van der Waals surface area contributed by atoms with Crippen LogP contribution in [0.25, 0.3) is 0 Å². The fourth-order valence-electron chi connectivity index (χ4n) is 0.418. The Bertz CT molecular complexity index is 28.7. The van der Waals surface area contributed by atoms with Gasteiger partial charge >= 0.3 is 0 Å². The van der Waals surface area contributed by atoms with Gasteiger partial charge in [0.25, 0.3) is 0 Å². The highest BCUT2D eigenvalue weighted by Gasteiger charge is 1.88. The lowest BCUT2D eigenvalue weighted by Gasteiger charge is -1.94. The maximum atomic E-state index is 8.61. The average Bonchev–Trinajstić information content (AvgIpc) is 1.35. The molecule has 0 aliphatic heterocycles. The van der Waals surface area contributed by atoms with Crippen LogP contribution in [-0.2, 0) is 0 Å². The minimum Gasteiger partial charge on any atom is -0.398 e. The molecule has 38 valence electrons. The second kappa shape index (κ2) is 3.37. The van der Waals surface area contributed by atoms with E-state index in [1.165, 1.54) is 6.04 Å². The van der Waals surface area contributed by atoms with E-state index in [0.29, 0.717) is 0 Å². The van der Waals surface area contributed by atoms with Crippen LogP contribution in [0.5, 0.6) is 0 Å². The minimum atomic E-state index is -0.0880. The highest BCUT2D eigenvalue weighted by atomic mass is 28.2. The topological polar surface area (TPSA) is 20.2 Å². The zero-order valence-corrected chi connectivity index (χ0v) is 5.85. The molecule has 0 rings (SSSR count). The van der Waals surface area contributed by atoms with Crippen LogP contribution in [0.3, 0.4) is 0 Å². The van der Waals surface area contributed by atoms with E-state index in [-0.39, 0.29) is 15.2 Å². The van der Waals surface area contributed by atoms with Crippen LogP contribution in [0.4, 0.5) is 0 Å². The minimum absolute atomic E-state index is 0.0370. The molecule has 1 atom stereocenters. The van der Waals surface area contributed by atoms with Crippen molar-refractivity contribution in [2.24, 2.45) is 0 Å². The average molecular weight is 104 g/mol. The molecule has 0 bridgehead atoms. The zero-order valence-electron chi connectivity index (χ0n) is 4.44. The van der Waals surface area contributed by atoms with Crippen molar-refractivity contribution in [2.45, 2.75) is 25.6 Å². The lowest BCUT2D eigenvalue weighted by molar-refractivity contribution is 0.272. The summed E-state index contributed by atoms with van der Waals surface area (Å²) < 4.78 is 0. The summed E-state index contributed by atoms with van der Waals surface area (Å²) in [6, 6.07) is 1.22. The molecule has 0 fully saturated rings. The highest BCUT2D eigenvalue weighted by Crippen LogP contribution is 1.79. The third-order valence-electron chi connectivity index (χ3n) is 0.706. The summed E-state index contributed by atoms with van der Waals surface area (Å²) in [5.41, 5.74) is 0.0370. The Balaban J connectivity index is 2.63. The standard InChI is InChI=1S/C4H12OSi/c1-3-6-4(2)5/h4-5H,3,6H2,1-2H3. The van der Waals surface area contributed by atoms with Gasteiger partial charge in [0.2, 0.25) is 0 Å². The molecule has 1 nitrogen and oxygen atoms in total. The van der Waals surface area contributed by atoms with E-state index in [0.717, 1.165) is 0 Å². The smallest absolute Gasteiger partial charge is 0.0545 e. The van der Waals surface area contributed by atoms with Crippen molar-refractivity contribution in [3.8, 4) is 0 Å². The summed E-state index contributed by atoms with van der Waals surface area (Å²) in [5.74, 6) is 0. The zero-order chi connectivity index (χ0) is 4.99. The van der Waals surface area contributed by atoms with Gasteiger partial charge in [-0.15, -0.1) is 0 Å². The van der Waals surface area contributed by atoms with Crippen LogP contribution >= 0.6 is 0 Å². The second-order valence-electron chi connectivity index (χ2n) is 1.64. The maximum Gasteiger partial charge on any atom is 0.0545 e. The molecule has 1 N–H and O–H groups in total. The van der Waals surface area contributed by atoms with Gasteiger partial charge in [-0.25, -0.2) is 0 Å². The molecule has 0 heterocycles. The van der Waals surface area contributed by atoms with E-state index in [2.05, 4.69) is 6.92 Å². The van der Waals surface area contributed by atoms with E-state index in [1.807, 2.05) is 6.92 Å². The fourth-order valence-corrected chi connectivity index (χ4v) is 1.25. The maximum absolute atomic E-state index is 8.61. The number of aliphatic hydroxyl groups is 1. The largest absolute Gasteiger partial charge is 0.398 e. The lowest BCUT2D eigenvalue weighted by Crippen LogP contribution is -2.08. The molecule has 0 aromatic carbocycles. The van der Waals surface area contributed by atoms with Gasteiger partial charge in [-0.3, -0.25) is 0 Å². The van der Waals surface area contributed by atoms with Crippen LogP contribution in [0, 0.1) is 0 Å². The van der Waals surface area contributed by atoms with Crippen LogP contribution < -0.4 is 0 Å². The predicted molar refractivity (Wildman–Crippen MR) is 30.7 cm³/mol. The van der Waals surface area contributed by atoms with Gasteiger partial charge in [-0.05, 0) is 6.92 Å². The van der Waals surface area contributed by atoms with Crippen molar-refractivity contribution in [2.75, 3.05) is 0 Å². The Hall–Kier alpha value is 0.177.